The van der Waals surface area contributed by atoms with Crippen LogP contribution < -0.4 is 0 Å². The lowest BCUT2D eigenvalue weighted by Crippen LogP contribution is -2.59. The number of unbranched alkanes of at least 4 members (excludes halogenated alkanes) is 15. The second-order valence-electron chi connectivity index (χ2n) is 15.5. The van der Waals surface area contributed by atoms with E-state index in [-0.39, 0.29) is 19.6 Å². The van der Waals surface area contributed by atoms with E-state index >= 15 is 0 Å². The molecule has 1 rings (SSSR count). The molecule has 0 aromatic carbocycles. The summed E-state index contributed by atoms with van der Waals surface area (Å²) in [5.74, 6) is -0.395. The molecule has 0 saturated carbocycles. The van der Waals surface area contributed by atoms with Crippen molar-refractivity contribution in [2.75, 3.05) is 26.4 Å². The number of allylic oxidation sites excluding steroid dienone is 12. The van der Waals surface area contributed by atoms with Crippen molar-refractivity contribution in [3.05, 3.63) is 72.9 Å². The van der Waals surface area contributed by atoms with Gasteiger partial charge in [0.25, 0.3) is 0 Å². The fourth-order valence-corrected chi connectivity index (χ4v) is 6.58. The third-order valence-electron chi connectivity index (χ3n) is 10.2. The van der Waals surface area contributed by atoms with E-state index in [9.17, 15) is 25.2 Å². The van der Waals surface area contributed by atoms with Crippen LogP contribution >= 0.6 is 0 Å². The Balaban J connectivity index is 2.32. The van der Waals surface area contributed by atoms with Gasteiger partial charge in [-0.2, -0.15) is 0 Å². The van der Waals surface area contributed by atoms with Gasteiger partial charge < -0.3 is 39.4 Å². The lowest BCUT2D eigenvalue weighted by atomic mass is 9.99. The lowest BCUT2D eigenvalue weighted by molar-refractivity contribution is -0.305. The third-order valence-corrected chi connectivity index (χ3v) is 10.2. The van der Waals surface area contributed by atoms with E-state index in [1.54, 1.807) is 0 Å². The van der Waals surface area contributed by atoms with Crippen LogP contribution in [0.25, 0.3) is 0 Å². The van der Waals surface area contributed by atoms with Crippen molar-refractivity contribution < 1.29 is 44.2 Å². The molecule has 0 aromatic rings. The van der Waals surface area contributed by atoms with E-state index in [4.69, 9.17) is 18.9 Å². The van der Waals surface area contributed by atoms with Gasteiger partial charge in [0, 0.05) is 13.0 Å². The van der Waals surface area contributed by atoms with Crippen molar-refractivity contribution in [2.45, 2.75) is 205 Å². The van der Waals surface area contributed by atoms with Crippen LogP contribution in [-0.4, -0.2) is 89.6 Å². The van der Waals surface area contributed by atoms with E-state index in [1.807, 2.05) is 12.2 Å². The summed E-state index contributed by atoms with van der Waals surface area (Å²) in [6.07, 6.45) is 45.1. The first-order valence-electron chi connectivity index (χ1n) is 23.0. The summed E-state index contributed by atoms with van der Waals surface area (Å²) in [5.41, 5.74) is 0. The smallest absolute Gasteiger partial charge is 0.306 e. The first-order valence-corrected chi connectivity index (χ1v) is 23.0. The zero-order valence-electron chi connectivity index (χ0n) is 36.5. The van der Waals surface area contributed by atoms with Gasteiger partial charge in [0.15, 0.2) is 6.29 Å². The largest absolute Gasteiger partial charge is 0.457 e. The Labute approximate surface area is 353 Å². The molecule has 0 radical (unpaired) electrons. The van der Waals surface area contributed by atoms with E-state index in [1.165, 1.54) is 89.9 Å². The molecule has 6 atom stereocenters. The standard InChI is InChI=1S/C49H84O9/c1-3-5-7-9-11-13-15-17-19-21-22-23-24-26-28-30-32-34-36-38-45(51)57-43(42-56-49-48(54)47(53)46(52)44(40-50)58-49)41-55-39-37-35-33-31-29-27-25-20-18-16-14-12-10-8-6-4-2/h5,7,11,13,17,19,22-23,26,28,32,34,43-44,46-50,52-54H,3-4,6,8-10,12,14-16,18,20-21,24-25,27,29-31,33,35-42H2,1-2H3/b7-5-,13-11-,19-17-,23-22-,28-26-,34-32-. The molecule has 334 valence electrons. The summed E-state index contributed by atoms with van der Waals surface area (Å²) in [6, 6.07) is 0. The monoisotopic (exact) mass is 817 g/mol. The van der Waals surface area contributed by atoms with Gasteiger partial charge in [-0.3, -0.25) is 4.79 Å². The van der Waals surface area contributed by atoms with Gasteiger partial charge in [-0.25, -0.2) is 0 Å². The minimum atomic E-state index is -1.55. The fraction of sp³-hybridized carbons (Fsp3) is 0.735. The van der Waals surface area contributed by atoms with E-state index in [0.29, 0.717) is 13.0 Å². The Morgan fingerprint density at radius 2 is 1.02 bits per heavy atom. The first-order chi connectivity index (χ1) is 28.4. The molecular weight excluding hydrogens is 733 g/mol. The molecule has 1 aliphatic rings. The Bertz CT molecular complexity index is 1110. The van der Waals surface area contributed by atoms with Gasteiger partial charge in [-0.05, 0) is 51.4 Å². The first kappa shape index (κ1) is 53.6. The highest BCUT2D eigenvalue weighted by atomic mass is 16.7. The summed E-state index contributed by atoms with van der Waals surface area (Å²) >= 11 is 0. The molecule has 1 fully saturated rings. The Kier molecular flexibility index (Phi) is 37.1. The number of hydrogen-bond acceptors (Lipinski definition) is 9. The Morgan fingerprint density at radius 1 is 0.569 bits per heavy atom. The van der Waals surface area contributed by atoms with Crippen LogP contribution in [-0.2, 0) is 23.7 Å². The molecule has 1 saturated heterocycles. The maximum absolute atomic E-state index is 12.8. The average Bonchev–Trinajstić information content (AvgIpc) is 3.22. The number of aliphatic hydroxyl groups excluding tert-OH is 4. The lowest BCUT2D eigenvalue weighted by Gasteiger charge is -2.39. The molecule has 1 heterocycles. The number of carbonyl (C=O) groups excluding carboxylic acids is 1. The topological polar surface area (TPSA) is 135 Å². The van der Waals surface area contributed by atoms with Crippen LogP contribution in [0.3, 0.4) is 0 Å². The second kappa shape index (κ2) is 40.1. The van der Waals surface area contributed by atoms with Crippen molar-refractivity contribution in [2.24, 2.45) is 0 Å². The number of aliphatic hydroxyl groups is 4. The number of hydrogen-bond donors (Lipinski definition) is 4. The highest BCUT2D eigenvalue weighted by molar-refractivity contribution is 5.69. The molecule has 0 bridgehead atoms. The van der Waals surface area contributed by atoms with E-state index < -0.39 is 49.4 Å². The summed E-state index contributed by atoms with van der Waals surface area (Å²) in [6.45, 7) is 4.35. The summed E-state index contributed by atoms with van der Waals surface area (Å²) in [4.78, 5) is 12.8. The quantitative estimate of drug-likeness (QED) is 0.0273. The normalized spacial score (nSPS) is 21.0. The van der Waals surface area contributed by atoms with Crippen molar-refractivity contribution in [1.29, 1.82) is 0 Å². The van der Waals surface area contributed by atoms with Crippen molar-refractivity contribution in [3.8, 4) is 0 Å². The van der Waals surface area contributed by atoms with Gasteiger partial charge in [0.2, 0.25) is 0 Å². The fourth-order valence-electron chi connectivity index (χ4n) is 6.58. The zero-order chi connectivity index (χ0) is 42.2. The number of carbonyl (C=O) groups is 1. The SMILES string of the molecule is CC/C=C\C/C=C\C/C=C\C/C=C\C/C=C\C/C=C\CCC(=O)OC(COCCCCCCCCCCCCCCCCCC)COC1OC(CO)C(O)C(O)C1O. The van der Waals surface area contributed by atoms with Crippen molar-refractivity contribution >= 4 is 5.97 Å². The second-order valence-corrected chi connectivity index (χ2v) is 15.5. The van der Waals surface area contributed by atoms with Crippen LogP contribution in [0.2, 0.25) is 0 Å². The molecule has 0 spiro atoms. The Morgan fingerprint density at radius 3 is 1.48 bits per heavy atom. The molecule has 0 aliphatic carbocycles. The summed E-state index contributed by atoms with van der Waals surface area (Å²) in [5, 5.41) is 40.1. The number of ether oxygens (including phenoxy) is 4. The Hall–Kier alpha value is -2.37. The summed E-state index contributed by atoms with van der Waals surface area (Å²) < 4.78 is 22.7. The highest BCUT2D eigenvalue weighted by Crippen LogP contribution is 2.22. The predicted molar refractivity (Wildman–Crippen MR) is 237 cm³/mol. The average molecular weight is 817 g/mol. The van der Waals surface area contributed by atoms with Crippen molar-refractivity contribution in [1.82, 2.24) is 0 Å². The van der Waals surface area contributed by atoms with Gasteiger partial charge in [0.1, 0.15) is 30.5 Å². The van der Waals surface area contributed by atoms with Crippen LogP contribution in [0.15, 0.2) is 72.9 Å². The highest BCUT2D eigenvalue weighted by Gasteiger charge is 2.44. The minimum Gasteiger partial charge on any atom is -0.457 e. The third kappa shape index (κ3) is 30.6. The maximum Gasteiger partial charge on any atom is 0.306 e. The van der Waals surface area contributed by atoms with Gasteiger partial charge in [-0.1, -0.05) is 183 Å². The predicted octanol–water partition coefficient (Wildman–Crippen LogP) is 10.5. The van der Waals surface area contributed by atoms with Crippen LogP contribution in [0.5, 0.6) is 0 Å². The van der Waals surface area contributed by atoms with Crippen molar-refractivity contribution in [3.63, 3.8) is 0 Å². The minimum absolute atomic E-state index is 0.113. The van der Waals surface area contributed by atoms with Crippen LogP contribution in [0.4, 0.5) is 0 Å². The maximum atomic E-state index is 12.8. The van der Waals surface area contributed by atoms with Crippen LogP contribution in [0.1, 0.15) is 168 Å². The van der Waals surface area contributed by atoms with Crippen LogP contribution in [0, 0.1) is 0 Å². The van der Waals surface area contributed by atoms with E-state index in [0.717, 1.165) is 51.4 Å². The number of esters is 1. The molecule has 58 heavy (non-hydrogen) atoms. The molecule has 6 unspecified atom stereocenters. The van der Waals surface area contributed by atoms with Gasteiger partial charge in [-0.15, -0.1) is 0 Å². The molecule has 9 heteroatoms. The van der Waals surface area contributed by atoms with Gasteiger partial charge >= 0.3 is 5.97 Å². The molecular formula is C49H84O9. The molecule has 4 N–H and O–H groups in total. The van der Waals surface area contributed by atoms with E-state index in [2.05, 4.69) is 74.6 Å². The zero-order valence-corrected chi connectivity index (χ0v) is 36.5. The number of rotatable bonds is 38. The molecule has 0 amide bonds. The molecule has 1 aliphatic heterocycles. The summed E-state index contributed by atoms with van der Waals surface area (Å²) in [7, 11) is 0. The molecule has 9 nitrogen and oxygen atoms in total. The van der Waals surface area contributed by atoms with Gasteiger partial charge in [0.05, 0.1) is 19.8 Å². The molecule has 0 aromatic heterocycles.